The van der Waals surface area contributed by atoms with Crippen molar-refractivity contribution in [1.29, 1.82) is 5.26 Å². The number of nitrogens with zero attached hydrogens (tertiary/aromatic N) is 2. The molecular formula is C13H13N3O3. The Kier molecular flexibility index (Phi) is 3.76. The molecule has 1 heterocycles. The molecule has 2 atom stereocenters. The standard InChI is InChI=1S/C13H13N3O3/c14-7-8-3-1-5-10(8)16-12(17)11-9(13(18)19)4-2-6-15-11/h2,4,6,8,10H,1,3,5H2,(H,16,17)(H,18,19). The van der Waals surface area contributed by atoms with Crippen LogP contribution in [0.5, 0.6) is 0 Å². The van der Waals surface area contributed by atoms with Gasteiger partial charge in [0.25, 0.3) is 5.91 Å². The van der Waals surface area contributed by atoms with Crippen molar-refractivity contribution in [2.45, 2.75) is 25.3 Å². The number of hydrogen-bond acceptors (Lipinski definition) is 4. The summed E-state index contributed by atoms with van der Waals surface area (Å²) in [6, 6.07) is 4.74. The average molecular weight is 259 g/mol. The zero-order valence-electron chi connectivity index (χ0n) is 10.2. The first-order chi connectivity index (χ1) is 9.13. The van der Waals surface area contributed by atoms with Crippen LogP contribution < -0.4 is 5.32 Å². The molecule has 0 radical (unpaired) electrons. The third-order valence-corrected chi connectivity index (χ3v) is 3.25. The van der Waals surface area contributed by atoms with Crippen molar-refractivity contribution < 1.29 is 14.7 Å². The molecule has 2 N–H and O–H groups in total. The van der Waals surface area contributed by atoms with E-state index in [1.807, 2.05) is 0 Å². The number of rotatable bonds is 3. The molecule has 1 aromatic heterocycles. The van der Waals surface area contributed by atoms with Gasteiger partial charge in [-0.05, 0) is 31.4 Å². The van der Waals surface area contributed by atoms with Crippen molar-refractivity contribution in [3.8, 4) is 6.07 Å². The van der Waals surface area contributed by atoms with Gasteiger partial charge < -0.3 is 10.4 Å². The van der Waals surface area contributed by atoms with Crippen LogP contribution in [0.15, 0.2) is 18.3 Å². The van der Waals surface area contributed by atoms with Gasteiger partial charge in [0.1, 0.15) is 5.69 Å². The lowest BCUT2D eigenvalue weighted by Crippen LogP contribution is -2.38. The normalized spacial score (nSPS) is 21.6. The smallest absolute Gasteiger partial charge is 0.338 e. The molecule has 1 aliphatic rings. The summed E-state index contributed by atoms with van der Waals surface area (Å²) < 4.78 is 0. The summed E-state index contributed by atoms with van der Waals surface area (Å²) in [5.41, 5.74) is -0.245. The van der Waals surface area contributed by atoms with E-state index in [2.05, 4.69) is 16.4 Å². The number of pyridine rings is 1. The van der Waals surface area contributed by atoms with Gasteiger partial charge in [-0.25, -0.2) is 4.79 Å². The number of aromatic nitrogens is 1. The Morgan fingerprint density at radius 2 is 2.26 bits per heavy atom. The fourth-order valence-corrected chi connectivity index (χ4v) is 2.28. The quantitative estimate of drug-likeness (QED) is 0.849. The van der Waals surface area contributed by atoms with E-state index in [0.29, 0.717) is 0 Å². The highest BCUT2D eigenvalue weighted by atomic mass is 16.4. The van der Waals surface area contributed by atoms with Crippen molar-refractivity contribution in [2.75, 3.05) is 0 Å². The summed E-state index contributed by atoms with van der Waals surface area (Å²) >= 11 is 0. The fourth-order valence-electron chi connectivity index (χ4n) is 2.28. The van der Waals surface area contributed by atoms with Crippen LogP contribution in [-0.2, 0) is 0 Å². The molecule has 0 bridgehead atoms. The molecule has 1 fully saturated rings. The second-order valence-electron chi connectivity index (χ2n) is 4.45. The highest BCUT2D eigenvalue weighted by Gasteiger charge is 2.30. The summed E-state index contributed by atoms with van der Waals surface area (Å²) in [6.07, 6.45) is 3.75. The van der Waals surface area contributed by atoms with Gasteiger partial charge in [-0.15, -0.1) is 0 Å². The van der Waals surface area contributed by atoms with E-state index >= 15 is 0 Å². The molecule has 6 nitrogen and oxygen atoms in total. The van der Waals surface area contributed by atoms with Gasteiger partial charge in [-0.3, -0.25) is 9.78 Å². The molecule has 2 unspecified atom stereocenters. The Morgan fingerprint density at radius 1 is 1.47 bits per heavy atom. The van der Waals surface area contributed by atoms with Gasteiger partial charge in [0.15, 0.2) is 0 Å². The number of nitrogens with one attached hydrogen (secondary N) is 1. The summed E-state index contributed by atoms with van der Waals surface area (Å²) in [7, 11) is 0. The monoisotopic (exact) mass is 259 g/mol. The number of carbonyl (C=O) groups is 2. The summed E-state index contributed by atoms with van der Waals surface area (Å²) in [4.78, 5) is 26.9. The van der Waals surface area contributed by atoms with Gasteiger partial charge >= 0.3 is 5.97 Å². The van der Waals surface area contributed by atoms with Crippen LogP contribution in [0.25, 0.3) is 0 Å². The SMILES string of the molecule is N#CC1CCCC1NC(=O)c1ncccc1C(=O)O. The minimum absolute atomic E-state index is 0.112. The van der Waals surface area contributed by atoms with Crippen LogP contribution in [-0.4, -0.2) is 28.0 Å². The average Bonchev–Trinajstić information content (AvgIpc) is 2.85. The molecule has 98 valence electrons. The summed E-state index contributed by atoms with van der Waals surface area (Å²) in [6.45, 7) is 0. The molecular weight excluding hydrogens is 246 g/mol. The largest absolute Gasteiger partial charge is 0.478 e. The Labute approximate surface area is 110 Å². The minimum atomic E-state index is -1.19. The number of hydrogen-bond donors (Lipinski definition) is 2. The van der Waals surface area contributed by atoms with E-state index in [0.717, 1.165) is 19.3 Å². The minimum Gasteiger partial charge on any atom is -0.478 e. The Morgan fingerprint density at radius 3 is 2.95 bits per heavy atom. The predicted molar refractivity (Wildman–Crippen MR) is 65.4 cm³/mol. The number of carbonyl (C=O) groups excluding carboxylic acids is 1. The zero-order valence-corrected chi connectivity index (χ0v) is 10.2. The third-order valence-electron chi connectivity index (χ3n) is 3.25. The van der Waals surface area contributed by atoms with Gasteiger partial charge in [0, 0.05) is 12.2 Å². The molecule has 19 heavy (non-hydrogen) atoms. The van der Waals surface area contributed by atoms with E-state index in [1.54, 1.807) is 0 Å². The van der Waals surface area contributed by atoms with Crippen LogP contribution in [0.2, 0.25) is 0 Å². The summed E-state index contributed by atoms with van der Waals surface area (Å²) in [5.74, 6) is -1.94. The van der Waals surface area contributed by atoms with E-state index in [1.165, 1.54) is 18.3 Å². The van der Waals surface area contributed by atoms with E-state index < -0.39 is 11.9 Å². The molecule has 0 saturated heterocycles. The van der Waals surface area contributed by atoms with E-state index in [9.17, 15) is 9.59 Å². The lowest BCUT2D eigenvalue weighted by Gasteiger charge is -2.15. The molecule has 0 aliphatic heterocycles. The molecule has 1 aromatic rings. The van der Waals surface area contributed by atoms with Crippen LogP contribution in [0, 0.1) is 17.2 Å². The molecule has 1 saturated carbocycles. The maximum Gasteiger partial charge on any atom is 0.338 e. The van der Waals surface area contributed by atoms with Crippen molar-refractivity contribution >= 4 is 11.9 Å². The molecule has 0 aromatic carbocycles. The van der Waals surface area contributed by atoms with Crippen LogP contribution in [0.3, 0.4) is 0 Å². The van der Waals surface area contributed by atoms with Crippen LogP contribution in [0.1, 0.15) is 40.1 Å². The Bertz CT molecular complexity index is 550. The van der Waals surface area contributed by atoms with E-state index in [-0.39, 0.29) is 23.2 Å². The first-order valence-corrected chi connectivity index (χ1v) is 6.02. The number of nitriles is 1. The summed E-state index contributed by atoms with van der Waals surface area (Å²) in [5, 5.41) is 20.7. The van der Waals surface area contributed by atoms with Gasteiger partial charge in [-0.1, -0.05) is 0 Å². The highest BCUT2D eigenvalue weighted by Crippen LogP contribution is 2.25. The van der Waals surface area contributed by atoms with Crippen molar-refractivity contribution in [3.05, 3.63) is 29.6 Å². The molecule has 1 aliphatic carbocycles. The van der Waals surface area contributed by atoms with Gasteiger partial charge in [0.2, 0.25) is 0 Å². The number of amides is 1. The lowest BCUT2D eigenvalue weighted by molar-refractivity contribution is 0.0689. The molecule has 6 heteroatoms. The van der Waals surface area contributed by atoms with Crippen molar-refractivity contribution in [3.63, 3.8) is 0 Å². The number of carboxylic acid groups (broad SMARTS) is 1. The van der Waals surface area contributed by atoms with Gasteiger partial charge in [-0.2, -0.15) is 5.26 Å². The second kappa shape index (κ2) is 5.48. The lowest BCUT2D eigenvalue weighted by atomic mass is 10.1. The Balaban J connectivity index is 2.17. The highest BCUT2D eigenvalue weighted by molar-refractivity contribution is 6.03. The van der Waals surface area contributed by atoms with Crippen molar-refractivity contribution in [2.24, 2.45) is 5.92 Å². The fraction of sp³-hybridized carbons (Fsp3) is 0.385. The maximum atomic E-state index is 12.0. The second-order valence-corrected chi connectivity index (χ2v) is 4.45. The molecule has 0 spiro atoms. The first kappa shape index (κ1) is 13.0. The number of aromatic carboxylic acids is 1. The van der Waals surface area contributed by atoms with Crippen LogP contribution in [0.4, 0.5) is 0 Å². The molecule has 1 amide bonds. The molecule has 2 rings (SSSR count). The zero-order chi connectivity index (χ0) is 13.8. The van der Waals surface area contributed by atoms with Crippen molar-refractivity contribution in [1.82, 2.24) is 10.3 Å². The van der Waals surface area contributed by atoms with Gasteiger partial charge in [0.05, 0.1) is 17.6 Å². The Hall–Kier alpha value is -2.42. The topological polar surface area (TPSA) is 103 Å². The maximum absolute atomic E-state index is 12.0. The first-order valence-electron chi connectivity index (χ1n) is 6.02. The predicted octanol–water partition coefficient (Wildman–Crippen LogP) is 1.20. The number of carboxylic acids is 1. The van der Waals surface area contributed by atoms with Crippen LogP contribution >= 0.6 is 0 Å². The third kappa shape index (κ3) is 2.71. The van der Waals surface area contributed by atoms with E-state index in [4.69, 9.17) is 10.4 Å².